The standard InChI is InChI=1S/C15H17N5O2/c1-3-21-9-12-6-15(20-14(19-12)4-5-18-20)22-10-13-8-16-11(2)7-17-13/h4-8H,3,9-10H2,1-2H3. The fourth-order valence-electron chi connectivity index (χ4n) is 1.96. The van der Waals surface area contributed by atoms with Gasteiger partial charge in [0.05, 0.1) is 36.1 Å². The number of hydrogen-bond acceptors (Lipinski definition) is 6. The molecule has 0 aromatic carbocycles. The minimum Gasteiger partial charge on any atom is -0.471 e. The number of aryl methyl sites for hydroxylation is 1. The van der Waals surface area contributed by atoms with Crippen LogP contribution in [0.25, 0.3) is 5.65 Å². The quantitative estimate of drug-likeness (QED) is 0.692. The van der Waals surface area contributed by atoms with Crippen LogP contribution in [0.4, 0.5) is 0 Å². The monoisotopic (exact) mass is 299 g/mol. The van der Waals surface area contributed by atoms with E-state index in [4.69, 9.17) is 9.47 Å². The van der Waals surface area contributed by atoms with E-state index >= 15 is 0 Å². The Morgan fingerprint density at radius 1 is 1.14 bits per heavy atom. The lowest BCUT2D eigenvalue weighted by molar-refractivity contribution is 0.131. The first-order valence-electron chi connectivity index (χ1n) is 7.08. The Hall–Kier alpha value is -2.54. The molecule has 7 heteroatoms. The van der Waals surface area contributed by atoms with Gasteiger partial charge < -0.3 is 9.47 Å². The van der Waals surface area contributed by atoms with Crippen molar-refractivity contribution in [3.05, 3.63) is 47.8 Å². The average molecular weight is 299 g/mol. The van der Waals surface area contributed by atoms with E-state index < -0.39 is 0 Å². The van der Waals surface area contributed by atoms with Crippen LogP contribution in [0.2, 0.25) is 0 Å². The fraction of sp³-hybridized carbons (Fsp3) is 0.333. The zero-order valence-electron chi connectivity index (χ0n) is 12.6. The number of rotatable bonds is 6. The van der Waals surface area contributed by atoms with Gasteiger partial charge in [-0.3, -0.25) is 9.97 Å². The van der Waals surface area contributed by atoms with E-state index in [1.54, 1.807) is 23.1 Å². The lowest BCUT2D eigenvalue weighted by Gasteiger charge is -2.09. The molecule has 114 valence electrons. The molecule has 0 saturated heterocycles. The minimum atomic E-state index is 0.320. The van der Waals surface area contributed by atoms with Crippen molar-refractivity contribution < 1.29 is 9.47 Å². The molecule has 0 radical (unpaired) electrons. The molecule has 0 saturated carbocycles. The van der Waals surface area contributed by atoms with Gasteiger partial charge in [-0.2, -0.15) is 9.61 Å². The Morgan fingerprint density at radius 2 is 2.05 bits per heavy atom. The molecular weight excluding hydrogens is 282 g/mol. The number of aromatic nitrogens is 5. The van der Waals surface area contributed by atoms with Crippen molar-refractivity contribution in [2.24, 2.45) is 0 Å². The van der Waals surface area contributed by atoms with Gasteiger partial charge in [-0.1, -0.05) is 0 Å². The molecule has 0 aliphatic rings. The van der Waals surface area contributed by atoms with Crippen molar-refractivity contribution in [1.82, 2.24) is 24.6 Å². The molecule has 0 amide bonds. The van der Waals surface area contributed by atoms with Crippen LogP contribution in [-0.2, 0) is 18.0 Å². The maximum Gasteiger partial charge on any atom is 0.218 e. The first kappa shape index (κ1) is 14.4. The van der Waals surface area contributed by atoms with Crippen molar-refractivity contribution in [2.45, 2.75) is 27.1 Å². The third kappa shape index (κ3) is 3.20. The van der Waals surface area contributed by atoms with Gasteiger partial charge in [0.1, 0.15) is 6.61 Å². The molecule has 0 aliphatic heterocycles. The number of hydrogen-bond donors (Lipinski definition) is 0. The second-order valence-corrected chi connectivity index (χ2v) is 4.76. The van der Waals surface area contributed by atoms with Crippen LogP contribution in [0.5, 0.6) is 5.88 Å². The Morgan fingerprint density at radius 3 is 2.82 bits per heavy atom. The summed E-state index contributed by atoms with van der Waals surface area (Å²) in [4.78, 5) is 12.9. The molecule has 0 aliphatic carbocycles. The first-order valence-corrected chi connectivity index (χ1v) is 7.08. The van der Waals surface area contributed by atoms with Crippen LogP contribution in [0.15, 0.2) is 30.7 Å². The summed E-state index contributed by atoms with van der Waals surface area (Å²) in [5.41, 5.74) is 3.16. The van der Waals surface area contributed by atoms with E-state index in [1.807, 2.05) is 26.0 Å². The van der Waals surface area contributed by atoms with Crippen LogP contribution in [0, 0.1) is 6.92 Å². The van der Waals surface area contributed by atoms with Crippen molar-refractivity contribution >= 4 is 5.65 Å². The molecule has 0 fully saturated rings. The molecule has 3 aromatic heterocycles. The molecular formula is C15H17N5O2. The Balaban J connectivity index is 1.81. The van der Waals surface area contributed by atoms with Crippen LogP contribution < -0.4 is 4.74 Å². The average Bonchev–Trinajstić information content (AvgIpc) is 3.00. The van der Waals surface area contributed by atoms with Crippen LogP contribution in [0.3, 0.4) is 0 Å². The van der Waals surface area contributed by atoms with E-state index in [0.717, 1.165) is 22.7 Å². The summed E-state index contributed by atoms with van der Waals surface area (Å²) in [5, 5.41) is 4.22. The summed E-state index contributed by atoms with van der Waals surface area (Å²) in [6.45, 7) is 5.25. The molecule has 3 rings (SSSR count). The van der Waals surface area contributed by atoms with Gasteiger partial charge in [0, 0.05) is 24.9 Å². The second-order valence-electron chi connectivity index (χ2n) is 4.76. The van der Waals surface area contributed by atoms with E-state index in [2.05, 4.69) is 20.1 Å². The van der Waals surface area contributed by atoms with Gasteiger partial charge in [-0.25, -0.2) is 4.98 Å². The Bertz CT molecular complexity index is 754. The van der Waals surface area contributed by atoms with E-state index in [9.17, 15) is 0 Å². The smallest absolute Gasteiger partial charge is 0.218 e. The number of nitrogens with zero attached hydrogens (tertiary/aromatic N) is 5. The van der Waals surface area contributed by atoms with Gasteiger partial charge in [0.15, 0.2) is 5.65 Å². The van der Waals surface area contributed by atoms with Gasteiger partial charge in [-0.05, 0) is 13.8 Å². The van der Waals surface area contributed by atoms with Crippen LogP contribution in [0.1, 0.15) is 24.0 Å². The van der Waals surface area contributed by atoms with Crippen LogP contribution >= 0.6 is 0 Å². The highest BCUT2D eigenvalue weighted by Gasteiger charge is 2.08. The largest absolute Gasteiger partial charge is 0.471 e. The fourth-order valence-corrected chi connectivity index (χ4v) is 1.96. The maximum atomic E-state index is 5.83. The predicted octanol–water partition coefficient (Wildman–Crippen LogP) is 1.94. The second kappa shape index (κ2) is 6.48. The van der Waals surface area contributed by atoms with Crippen molar-refractivity contribution in [3.8, 4) is 5.88 Å². The lowest BCUT2D eigenvalue weighted by atomic mass is 10.4. The highest BCUT2D eigenvalue weighted by Crippen LogP contribution is 2.16. The highest BCUT2D eigenvalue weighted by atomic mass is 16.5. The van der Waals surface area contributed by atoms with E-state index in [1.165, 1.54) is 0 Å². The zero-order chi connectivity index (χ0) is 15.4. The summed E-state index contributed by atoms with van der Waals surface area (Å²) in [5.74, 6) is 0.604. The molecule has 0 atom stereocenters. The Labute approximate surface area is 128 Å². The SMILES string of the molecule is CCOCc1cc(OCc2cnc(C)cn2)n2nccc2n1. The molecule has 3 aromatic rings. The summed E-state index contributed by atoms with van der Waals surface area (Å²) < 4.78 is 12.9. The third-order valence-electron chi connectivity index (χ3n) is 3.04. The van der Waals surface area contributed by atoms with Gasteiger partial charge >= 0.3 is 0 Å². The molecule has 7 nitrogen and oxygen atoms in total. The minimum absolute atomic E-state index is 0.320. The maximum absolute atomic E-state index is 5.83. The molecule has 0 unspecified atom stereocenters. The zero-order valence-corrected chi connectivity index (χ0v) is 12.6. The molecule has 0 bridgehead atoms. The van der Waals surface area contributed by atoms with Gasteiger partial charge in [0.2, 0.25) is 5.88 Å². The molecule has 0 spiro atoms. The van der Waals surface area contributed by atoms with E-state index in [0.29, 0.717) is 25.7 Å². The summed E-state index contributed by atoms with van der Waals surface area (Å²) in [6.07, 6.45) is 5.11. The summed E-state index contributed by atoms with van der Waals surface area (Å²) in [6, 6.07) is 3.66. The van der Waals surface area contributed by atoms with Gasteiger partial charge in [0.25, 0.3) is 0 Å². The number of fused-ring (bicyclic) bond motifs is 1. The molecule has 22 heavy (non-hydrogen) atoms. The van der Waals surface area contributed by atoms with E-state index in [-0.39, 0.29) is 0 Å². The van der Waals surface area contributed by atoms with Crippen molar-refractivity contribution in [3.63, 3.8) is 0 Å². The topological polar surface area (TPSA) is 74.4 Å². The molecule has 0 N–H and O–H groups in total. The van der Waals surface area contributed by atoms with Crippen molar-refractivity contribution in [2.75, 3.05) is 6.61 Å². The predicted molar refractivity (Wildman–Crippen MR) is 79.4 cm³/mol. The van der Waals surface area contributed by atoms with Gasteiger partial charge in [-0.15, -0.1) is 0 Å². The first-order chi connectivity index (χ1) is 10.8. The summed E-state index contributed by atoms with van der Waals surface area (Å²) in [7, 11) is 0. The lowest BCUT2D eigenvalue weighted by Crippen LogP contribution is -2.06. The van der Waals surface area contributed by atoms with Crippen LogP contribution in [-0.4, -0.2) is 31.2 Å². The number of ether oxygens (including phenoxy) is 2. The van der Waals surface area contributed by atoms with Crippen molar-refractivity contribution in [1.29, 1.82) is 0 Å². The normalized spacial score (nSPS) is 11.0. The third-order valence-corrected chi connectivity index (χ3v) is 3.04. The summed E-state index contributed by atoms with van der Waals surface area (Å²) >= 11 is 0. The molecule has 3 heterocycles. The Kier molecular flexibility index (Phi) is 4.24. The highest BCUT2D eigenvalue weighted by molar-refractivity contribution is 5.40.